The van der Waals surface area contributed by atoms with Gasteiger partial charge < -0.3 is 15.0 Å². The van der Waals surface area contributed by atoms with Gasteiger partial charge >= 0.3 is 5.97 Å². The third kappa shape index (κ3) is 2.67. The Kier molecular flexibility index (Phi) is 3.57. The van der Waals surface area contributed by atoms with Gasteiger partial charge in [-0.2, -0.15) is 0 Å². The molecular weight excluding hydrogens is 316 g/mol. The number of aromatic amines is 1. The van der Waals surface area contributed by atoms with Crippen molar-refractivity contribution in [1.82, 2.24) is 9.88 Å². The molecular formula is C20H18N2O3. The van der Waals surface area contributed by atoms with Crippen LogP contribution in [0.15, 0.2) is 48.5 Å². The number of aliphatic carboxylic acids is 1. The quantitative estimate of drug-likeness (QED) is 0.756. The Balaban J connectivity index is 1.72. The number of nitrogens with one attached hydrogen (secondary N) is 1. The lowest BCUT2D eigenvalue weighted by molar-refractivity contribution is -0.142. The predicted octanol–water partition coefficient (Wildman–Crippen LogP) is 3.13. The monoisotopic (exact) mass is 334 g/mol. The van der Waals surface area contributed by atoms with Crippen molar-refractivity contribution in [3.8, 4) is 0 Å². The van der Waals surface area contributed by atoms with Crippen molar-refractivity contribution in [3.63, 3.8) is 0 Å². The van der Waals surface area contributed by atoms with Crippen molar-refractivity contribution >= 4 is 22.8 Å². The first-order valence-electron chi connectivity index (χ1n) is 8.23. The summed E-state index contributed by atoms with van der Waals surface area (Å²) in [5.74, 6) is -1.26. The number of aromatic nitrogens is 1. The van der Waals surface area contributed by atoms with E-state index in [1.54, 1.807) is 6.07 Å². The molecule has 25 heavy (non-hydrogen) atoms. The molecule has 2 aromatic carbocycles. The molecule has 3 aromatic rings. The van der Waals surface area contributed by atoms with E-state index in [1.807, 2.05) is 49.4 Å². The molecule has 4 rings (SSSR count). The number of rotatable bonds is 2. The first kappa shape index (κ1) is 15.4. The van der Waals surface area contributed by atoms with Crippen LogP contribution in [0.3, 0.4) is 0 Å². The molecule has 2 N–H and O–H groups in total. The molecule has 5 heteroatoms. The smallest absolute Gasteiger partial charge is 0.326 e. The summed E-state index contributed by atoms with van der Waals surface area (Å²) in [6.45, 7) is 2.30. The van der Waals surface area contributed by atoms with Crippen molar-refractivity contribution in [2.24, 2.45) is 0 Å². The molecule has 1 unspecified atom stereocenters. The average Bonchev–Trinajstić information content (AvgIpc) is 3.03. The number of amides is 1. The van der Waals surface area contributed by atoms with Crippen LogP contribution in [0.25, 0.3) is 10.9 Å². The summed E-state index contributed by atoms with van der Waals surface area (Å²) in [4.78, 5) is 29.3. The van der Waals surface area contributed by atoms with Crippen molar-refractivity contribution in [2.75, 3.05) is 0 Å². The number of benzene rings is 2. The summed E-state index contributed by atoms with van der Waals surface area (Å²) < 4.78 is 0. The van der Waals surface area contributed by atoms with Crippen LogP contribution >= 0.6 is 0 Å². The predicted molar refractivity (Wildman–Crippen MR) is 94.5 cm³/mol. The first-order chi connectivity index (χ1) is 12.0. The fourth-order valence-corrected chi connectivity index (χ4v) is 3.47. The molecule has 1 aliphatic rings. The van der Waals surface area contributed by atoms with Crippen molar-refractivity contribution in [3.05, 3.63) is 70.9 Å². The van der Waals surface area contributed by atoms with Gasteiger partial charge in [-0.25, -0.2) is 4.79 Å². The molecule has 0 bridgehead atoms. The molecule has 1 aliphatic heterocycles. The standard InChI is InChI=1S/C20H18N2O3/c1-12-6-7-14-9-17(21-16(14)8-12)19(23)22-11-15-5-3-2-4-13(15)10-18(22)20(24)25/h2-9,18,21H,10-11H2,1H3,(H,24,25). The van der Waals surface area contributed by atoms with Gasteiger partial charge in [-0.05, 0) is 35.7 Å². The van der Waals surface area contributed by atoms with E-state index in [4.69, 9.17) is 0 Å². The number of carboxylic acid groups (broad SMARTS) is 1. The van der Waals surface area contributed by atoms with Gasteiger partial charge in [0.25, 0.3) is 5.91 Å². The first-order valence-corrected chi connectivity index (χ1v) is 8.23. The molecule has 126 valence electrons. The van der Waals surface area contributed by atoms with E-state index in [9.17, 15) is 14.7 Å². The van der Waals surface area contributed by atoms with Gasteiger partial charge in [0, 0.05) is 23.9 Å². The van der Waals surface area contributed by atoms with E-state index < -0.39 is 12.0 Å². The van der Waals surface area contributed by atoms with Crippen LogP contribution in [0.1, 0.15) is 27.2 Å². The van der Waals surface area contributed by atoms with Crippen molar-refractivity contribution in [2.45, 2.75) is 25.9 Å². The van der Waals surface area contributed by atoms with E-state index in [1.165, 1.54) is 4.90 Å². The summed E-state index contributed by atoms with van der Waals surface area (Å²) in [7, 11) is 0. The lowest BCUT2D eigenvalue weighted by Gasteiger charge is -2.34. The van der Waals surface area contributed by atoms with Gasteiger partial charge in [-0.3, -0.25) is 4.79 Å². The highest BCUT2D eigenvalue weighted by Crippen LogP contribution is 2.26. The lowest BCUT2D eigenvalue weighted by atomic mass is 9.93. The van der Waals surface area contributed by atoms with Crippen LogP contribution in [0.5, 0.6) is 0 Å². The second kappa shape index (κ2) is 5.77. The Labute approximate surface area is 144 Å². The maximum atomic E-state index is 13.0. The Morgan fingerprint density at radius 2 is 1.88 bits per heavy atom. The Hall–Kier alpha value is -3.08. The zero-order valence-corrected chi connectivity index (χ0v) is 13.8. The molecule has 1 atom stereocenters. The molecule has 0 radical (unpaired) electrons. The minimum atomic E-state index is -0.977. The summed E-state index contributed by atoms with van der Waals surface area (Å²) in [6.07, 6.45) is 0.330. The zero-order chi connectivity index (χ0) is 17.6. The van der Waals surface area contributed by atoms with E-state index in [-0.39, 0.29) is 5.91 Å². The average molecular weight is 334 g/mol. The highest BCUT2D eigenvalue weighted by atomic mass is 16.4. The highest BCUT2D eigenvalue weighted by Gasteiger charge is 2.35. The van der Waals surface area contributed by atoms with Crippen molar-refractivity contribution in [1.29, 1.82) is 0 Å². The summed E-state index contributed by atoms with van der Waals surface area (Å²) in [5.41, 5.74) is 4.40. The number of hydrogen-bond donors (Lipinski definition) is 2. The normalized spacial score (nSPS) is 16.7. The minimum Gasteiger partial charge on any atom is -0.480 e. The molecule has 0 saturated carbocycles. The molecule has 0 spiro atoms. The van der Waals surface area contributed by atoms with Gasteiger partial charge in [0.15, 0.2) is 0 Å². The molecule has 0 saturated heterocycles. The van der Waals surface area contributed by atoms with E-state index >= 15 is 0 Å². The van der Waals surface area contributed by atoms with Gasteiger partial charge in [-0.15, -0.1) is 0 Å². The van der Waals surface area contributed by atoms with Crippen LogP contribution in [0.2, 0.25) is 0 Å². The zero-order valence-electron chi connectivity index (χ0n) is 13.8. The van der Waals surface area contributed by atoms with Gasteiger partial charge in [0.1, 0.15) is 11.7 Å². The largest absolute Gasteiger partial charge is 0.480 e. The van der Waals surface area contributed by atoms with Crippen LogP contribution in [-0.4, -0.2) is 32.9 Å². The fraction of sp³-hybridized carbons (Fsp3) is 0.200. The second-order valence-corrected chi connectivity index (χ2v) is 6.53. The van der Waals surface area contributed by atoms with Crippen LogP contribution in [0.4, 0.5) is 0 Å². The third-order valence-electron chi connectivity index (χ3n) is 4.80. The number of hydrogen-bond acceptors (Lipinski definition) is 2. The topological polar surface area (TPSA) is 73.4 Å². The summed E-state index contributed by atoms with van der Waals surface area (Å²) in [6, 6.07) is 14.5. The van der Waals surface area contributed by atoms with E-state index in [2.05, 4.69) is 4.98 Å². The molecule has 0 fully saturated rings. The fourth-order valence-electron chi connectivity index (χ4n) is 3.47. The van der Waals surface area contributed by atoms with E-state index in [0.717, 1.165) is 27.6 Å². The number of aryl methyl sites for hydroxylation is 1. The highest BCUT2D eigenvalue weighted by molar-refractivity contribution is 6.00. The molecule has 1 amide bonds. The van der Waals surface area contributed by atoms with Gasteiger partial charge in [-0.1, -0.05) is 36.4 Å². The maximum absolute atomic E-state index is 13.0. The minimum absolute atomic E-state index is 0.282. The van der Waals surface area contributed by atoms with Gasteiger partial charge in [0.2, 0.25) is 0 Å². The summed E-state index contributed by atoms with van der Waals surface area (Å²) >= 11 is 0. The number of carbonyl (C=O) groups is 2. The molecule has 1 aromatic heterocycles. The van der Waals surface area contributed by atoms with E-state index in [0.29, 0.717) is 18.7 Å². The molecule has 5 nitrogen and oxygen atoms in total. The van der Waals surface area contributed by atoms with Crippen LogP contribution in [-0.2, 0) is 17.8 Å². The molecule has 2 heterocycles. The van der Waals surface area contributed by atoms with Crippen LogP contribution < -0.4 is 0 Å². The van der Waals surface area contributed by atoms with Crippen LogP contribution in [0, 0.1) is 6.92 Å². The Morgan fingerprint density at radius 1 is 1.12 bits per heavy atom. The summed E-state index contributed by atoms with van der Waals surface area (Å²) in [5, 5.41) is 10.5. The SMILES string of the molecule is Cc1ccc2cc(C(=O)N3Cc4ccccc4CC3C(=O)O)[nH]c2c1. The molecule has 0 aliphatic carbocycles. The number of carboxylic acids is 1. The number of H-pyrrole nitrogens is 1. The maximum Gasteiger partial charge on any atom is 0.326 e. The Bertz CT molecular complexity index is 990. The van der Waals surface area contributed by atoms with Crippen molar-refractivity contribution < 1.29 is 14.7 Å². The Morgan fingerprint density at radius 3 is 2.64 bits per heavy atom. The number of fused-ring (bicyclic) bond motifs is 2. The second-order valence-electron chi connectivity index (χ2n) is 6.53. The number of nitrogens with zero attached hydrogens (tertiary/aromatic N) is 1. The van der Waals surface area contributed by atoms with Gasteiger partial charge in [0.05, 0.1) is 0 Å². The third-order valence-corrected chi connectivity index (χ3v) is 4.80. The number of carbonyl (C=O) groups excluding carboxylic acids is 1. The lowest BCUT2D eigenvalue weighted by Crippen LogP contribution is -2.48.